The van der Waals surface area contributed by atoms with E-state index in [1.807, 2.05) is 0 Å². The van der Waals surface area contributed by atoms with Crippen LogP contribution in [0.25, 0.3) is 0 Å². The summed E-state index contributed by atoms with van der Waals surface area (Å²) in [4.78, 5) is 0. The third-order valence-electron chi connectivity index (χ3n) is 5.70. The van der Waals surface area contributed by atoms with Gasteiger partial charge in [0.1, 0.15) is 0 Å². The van der Waals surface area contributed by atoms with Gasteiger partial charge in [-0.1, -0.05) is 30.3 Å². The first-order valence-corrected chi connectivity index (χ1v) is 9.85. The van der Waals surface area contributed by atoms with Gasteiger partial charge < -0.3 is 20.1 Å². The van der Waals surface area contributed by atoms with E-state index in [0.717, 1.165) is 45.4 Å². The van der Waals surface area contributed by atoms with Crippen molar-refractivity contribution in [1.29, 1.82) is 0 Å². The summed E-state index contributed by atoms with van der Waals surface area (Å²) in [5, 5.41) is 7.79. The van der Waals surface area contributed by atoms with Crippen molar-refractivity contribution in [3.8, 4) is 0 Å². The van der Waals surface area contributed by atoms with Crippen LogP contribution in [-0.4, -0.2) is 43.5 Å². The standard InChI is InChI=1S/C21H34N2O2/c1-16-13-20(14-17(2)25-16)22-15-21(9-11-24-12-10-21)23-18(3)19-7-5-4-6-8-19/h4-8,16-18,20,22-23H,9-15H2,1-3H3/t16-,17+,18-,20?/m1/s1. The highest BCUT2D eigenvalue weighted by Crippen LogP contribution is 2.26. The van der Waals surface area contributed by atoms with Crippen LogP contribution in [0.4, 0.5) is 0 Å². The van der Waals surface area contributed by atoms with Crippen molar-refractivity contribution < 1.29 is 9.47 Å². The van der Waals surface area contributed by atoms with Crippen LogP contribution < -0.4 is 10.6 Å². The second-order valence-corrected chi connectivity index (χ2v) is 7.98. The smallest absolute Gasteiger partial charge is 0.0565 e. The molecule has 1 aromatic rings. The summed E-state index contributed by atoms with van der Waals surface area (Å²) < 4.78 is 11.5. The fourth-order valence-electron chi connectivity index (χ4n) is 4.33. The van der Waals surface area contributed by atoms with Crippen LogP contribution in [-0.2, 0) is 9.47 Å². The van der Waals surface area contributed by atoms with Gasteiger partial charge in [-0.2, -0.15) is 0 Å². The molecule has 4 heteroatoms. The molecule has 2 heterocycles. The highest BCUT2D eigenvalue weighted by molar-refractivity contribution is 5.19. The molecule has 0 amide bonds. The van der Waals surface area contributed by atoms with E-state index in [9.17, 15) is 0 Å². The summed E-state index contributed by atoms with van der Waals surface area (Å²) in [6, 6.07) is 11.6. The molecule has 3 rings (SSSR count). The van der Waals surface area contributed by atoms with Gasteiger partial charge >= 0.3 is 0 Å². The van der Waals surface area contributed by atoms with E-state index >= 15 is 0 Å². The van der Waals surface area contributed by atoms with Crippen molar-refractivity contribution in [1.82, 2.24) is 10.6 Å². The summed E-state index contributed by atoms with van der Waals surface area (Å²) >= 11 is 0. The lowest BCUT2D eigenvalue weighted by molar-refractivity contribution is -0.0445. The molecule has 2 saturated heterocycles. The van der Waals surface area contributed by atoms with Gasteiger partial charge in [-0.3, -0.25) is 0 Å². The van der Waals surface area contributed by atoms with Crippen molar-refractivity contribution in [2.45, 2.75) is 76.3 Å². The fraction of sp³-hybridized carbons (Fsp3) is 0.714. The van der Waals surface area contributed by atoms with E-state index in [-0.39, 0.29) is 5.54 Å². The molecule has 2 N–H and O–H groups in total. The minimum atomic E-state index is 0.109. The summed E-state index contributed by atoms with van der Waals surface area (Å²) in [6.07, 6.45) is 5.03. The van der Waals surface area contributed by atoms with Gasteiger partial charge in [-0.25, -0.2) is 0 Å². The number of benzene rings is 1. The van der Waals surface area contributed by atoms with E-state index in [0.29, 0.717) is 24.3 Å². The van der Waals surface area contributed by atoms with E-state index in [4.69, 9.17) is 9.47 Å². The molecule has 0 aromatic heterocycles. The number of nitrogens with one attached hydrogen (secondary N) is 2. The molecule has 0 saturated carbocycles. The first kappa shape index (κ1) is 18.8. The Hall–Kier alpha value is -0.940. The maximum Gasteiger partial charge on any atom is 0.0565 e. The lowest BCUT2D eigenvalue weighted by Crippen LogP contribution is -2.58. The zero-order chi connectivity index (χ0) is 17.7. The highest BCUT2D eigenvalue weighted by Gasteiger charge is 2.35. The quantitative estimate of drug-likeness (QED) is 0.828. The van der Waals surface area contributed by atoms with Crippen molar-refractivity contribution in [2.75, 3.05) is 19.8 Å². The normalized spacial score (nSPS) is 30.8. The lowest BCUT2D eigenvalue weighted by Gasteiger charge is -2.42. The molecule has 25 heavy (non-hydrogen) atoms. The molecule has 2 fully saturated rings. The Kier molecular flexibility index (Phi) is 6.50. The van der Waals surface area contributed by atoms with Gasteiger partial charge in [0.2, 0.25) is 0 Å². The molecule has 0 bridgehead atoms. The molecule has 2 aliphatic heterocycles. The monoisotopic (exact) mass is 346 g/mol. The molecular weight excluding hydrogens is 312 g/mol. The van der Waals surface area contributed by atoms with Crippen LogP contribution in [0.5, 0.6) is 0 Å². The molecule has 1 aromatic carbocycles. The third kappa shape index (κ3) is 5.27. The number of ether oxygens (including phenoxy) is 2. The molecule has 140 valence electrons. The summed E-state index contributed by atoms with van der Waals surface area (Å²) in [5.41, 5.74) is 1.46. The maximum absolute atomic E-state index is 5.88. The summed E-state index contributed by atoms with van der Waals surface area (Å²) in [6.45, 7) is 9.32. The molecule has 4 nitrogen and oxygen atoms in total. The van der Waals surface area contributed by atoms with Gasteiger partial charge in [-0.15, -0.1) is 0 Å². The van der Waals surface area contributed by atoms with E-state index in [1.165, 1.54) is 5.56 Å². The van der Waals surface area contributed by atoms with Crippen molar-refractivity contribution in [3.63, 3.8) is 0 Å². The Morgan fingerprint density at radius 2 is 1.72 bits per heavy atom. The van der Waals surface area contributed by atoms with Gasteiger partial charge in [0.25, 0.3) is 0 Å². The second kappa shape index (κ2) is 8.63. The third-order valence-corrected chi connectivity index (χ3v) is 5.70. The van der Waals surface area contributed by atoms with Gasteiger partial charge in [0.15, 0.2) is 0 Å². The predicted molar refractivity (Wildman–Crippen MR) is 102 cm³/mol. The molecule has 0 radical (unpaired) electrons. The highest BCUT2D eigenvalue weighted by atomic mass is 16.5. The van der Waals surface area contributed by atoms with Crippen molar-refractivity contribution >= 4 is 0 Å². The van der Waals surface area contributed by atoms with E-state index in [2.05, 4.69) is 61.7 Å². The van der Waals surface area contributed by atoms with Crippen LogP contribution in [0.2, 0.25) is 0 Å². The van der Waals surface area contributed by atoms with Crippen LogP contribution in [0.15, 0.2) is 30.3 Å². The Balaban J connectivity index is 1.62. The lowest BCUT2D eigenvalue weighted by atomic mass is 9.87. The minimum Gasteiger partial charge on any atom is -0.381 e. The topological polar surface area (TPSA) is 42.5 Å². The number of hydrogen-bond donors (Lipinski definition) is 2. The summed E-state index contributed by atoms with van der Waals surface area (Å²) in [7, 11) is 0. The largest absolute Gasteiger partial charge is 0.381 e. The molecular formula is C21H34N2O2. The van der Waals surface area contributed by atoms with E-state index in [1.54, 1.807) is 0 Å². The minimum absolute atomic E-state index is 0.109. The SMILES string of the molecule is C[C@@H]1CC(NCC2(N[C@H](C)c3ccccc3)CCOCC2)C[C@H](C)O1. The van der Waals surface area contributed by atoms with Gasteiger partial charge in [0, 0.05) is 37.4 Å². The molecule has 0 spiro atoms. The Morgan fingerprint density at radius 3 is 2.36 bits per heavy atom. The van der Waals surface area contributed by atoms with Crippen LogP contribution in [0.3, 0.4) is 0 Å². The van der Waals surface area contributed by atoms with Crippen molar-refractivity contribution in [3.05, 3.63) is 35.9 Å². The molecule has 0 aliphatic carbocycles. The Bertz CT molecular complexity index is 506. The van der Waals surface area contributed by atoms with Gasteiger partial charge in [-0.05, 0) is 52.0 Å². The fourth-order valence-corrected chi connectivity index (χ4v) is 4.33. The Morgan fingerprint density at radius 1 is 1.08 bits per heavy atom. The predicted octanol–water partition coefficient (Wildman–Crippen LogP) is 3.43. The zero-order valence-electron chi connectivity index (χ0n) is 16.0. The average molecular weight is 347 g/mol. The number of rotatable bonds is 6. The van der Waals surface area contributed by atoms with Gasteiger partial charge in [0.05, 0.1) is 12.2 Å². The molecule has 4 atom stereocenters. The van der Waals surface area contributed by atoms with Crippen LogP contribution in [0.1, 0.15) is 58.1 Å². The average Bonchev–Trinajstić information content (AvgIpc) is 2.61. The first-order valence-electron chi connectivity index (χ1n) is 9.85. The van der Waals surface area contributed by atoms with Crippen LogP contribution in [0, 0.1) is 0 Å². The Labute approximate surface area is 152 Å². The molecule has 1 unspecified atom stereocenters. The molecule has 2 aliphatic rings. The summed E-state index contributed by atoms with van der Waals surface area (Å²) in [5.74, 6) is 0. The maximum atomic E-state index is 5.88. The van der Waals surface area contributed by atoms with E-state index < -0.39 is 0 Å². The number of hydrogen-bond acceptors (Lipinski definition) is 4. The van der Waals surface area contributed by atoms with Crippen molar-refractivity contribution in [2.24, 2.45) is 0 Å². The second-order valence-electron chi connectivity index (χ2n) is 7.98. The zero-order valence-corrected chi connectivity index (χ0v) is 16.0. The van der Waals surface area contributed by atoms with Crippen LogP contribution >= 0.6 is 0 Å². The first-order chi connectivity index (χ1) is 12.1.